The summed E-state index contributed by atoms with van der Waals surface area (Å²) in [5.74, 6) is 1.33. The number of amides is 2. The number of hydrogen-bond acceptors (Lipinski definition) is 5. The van der Waals surface area contributed by atoms with Gasteiger partial charge in [0.25, 0.3) is 5.91 Å². The minimum absolute atomic E-state index is 0.0502. The number of nitrogens with one attached hydrogen (secondary N) is 1. The van der Waals surface area contributed by atoms with E-state index in [0.717, 1.165) is 33.5 Å². The number of fused-ring (bicyclic) bond motifs is 4. The number of anilines is 2. The third kappa shape index (κ3) is 2.75. The van der Waals surface area contributed by atoms with Crippen LogP contribution in [-0.4, -0.2) is 47.2 Å². The highest BCUT2D eigenvalue weighted by Crippen LogP contribution is 2.57. The van der Waals surface area contributed by atoms with Crippen LogP contribution in [0, 0.1) is 5.92 Å². The van der Waals surface area contributed by atoms with E-state index in [-0.39, 0.29) is 17.9 Å². The van der Waals surface area contributed by atoms with E-state index in [1.165, 1.54) is 0 Å². The van der Waals surface area contributed by atoms with E-state index < -0.39 is 11.5 Å². The Morgan fingerprint density at radius 3 is 2.90 bits per heavy atom. The van der Waals surface area contributed by atoms with Crippen molar-refractivity contribution in [2.24, 2.45) is 5.92 Å². The molecule has 1 N–H and O–H groups in total. The molecule has 30 heavy (non-hydrogen) atoms. The standard InChI is InChI=1S/C23H25N3O2S2/c1-3-25-20-10-5-4-9-18(20)23(22(25)28)19(12-16-13-30-14-26(16)23)21(27)24-15-7-6-8-17(11-15)29-2/h4-11,16,19H,3,12-14H2,1-2H3,(H,24,27)/t16-,19+,23+/m1/s1. The number of carbonyl (C=O) groups excluding carboxylic acids is 2. The van der Waals surface area contributed by atoms with Crippen LogP contribution in [0.1, 0.15) is 18.9 Å². The molecule has 2 aromatic carbocycles. The number of rotatable bonds is 4. The number of nitrogens with zero attached hydrogens (tertiary/aromatic N) is 2. The predicted molar refractivity (Wildman–Crippen MR) is 124 cm³/mol. The maximum Gasteiger partial charge on any atom is 0.253 e. The van der Waals surface area contributed by atoms with E-state index in [1.54, 1.807) is 11.8 Å². The van der Waals surface area contributed by atoms with Gasteiger partial charge in [0.1, 0.15) is 5.54 Å². The highest BCUT2D eigenvalue weighted by atomic mass is 32.2. The average molecular weight is 440 g/mol. The van der Waals surface area contributed by atoms with Gasteiger partial charge in [-0.05, 0) is 43.9 Å². The molecule has 0 saturated carbocycles. The zero-order valence-corrected chi connectivity index (χ0v) is 18.8. The first-order valence-electron chi connectivity index (χ1n) is 10.3. The molecule has 0 bridgehead atoms. The molecule has 0 unspecified atom stereocenters. The van der Waals surface area contributed by atoms with Crippen LogP contribution in [0.4, 0.5) is 11.4 Å². The first-order valence-corrected chi connectivity index (χ1v) is 12.7. The SMILES string of the molecule is CCN1C(=O)[C@]2(c3ccccc31)[C@H](C(=O)Nc1cccc(SC)c1)C[C@@H]1CSCN12. The lowest BCUT2D eigenvalue weighted by atomic mass is 9.79. The van der Waals surface area contributed by atoms with Gasteiger partial charge in [0.05, 0.1) is 5.92 Å². The van der Waals surface area contributed by atoms with Crippen molar-refractivity contribution in [2.75, 3.05) is 34.6 Å². The van der Waals surface area contributed by atoms with Crippen LogP contribution in [0.2, 0.25) is 0 Å². The van der Waals surface area contributed by atoms with Crippen molar-refractivity contribution in [3.63, 3.8) is 0 Å². The fraction of sp³-hybridized carbons (Fsp3) is 0.391. The van der Waals surface area contributed by atoms with Gasteiger partial charge in [-0.1, -0.05) is 24.3 Å². The van der Waals surface area contributed by atoms with Gasteiger partial charge < -0.3 is 10.2 Å². The third-order valence-corrected chi connectivity index (χ3v) is 8.40. The summed E-state index contributed by atoms with van der Waals surface area (Å²) in [5.41, 5.74) is 1.82. The molecule has 2 amide bonds. The zero-order valence-electron chi connectivity index (χ0n) is 17.1. The summed E-state index contributed by atoms with van der Waals surface area (Å²) in [6.45, 7) is 2.61. The summed E-state index contributed by atoms with van der Waals surface area (Å²) in [7, 11) is 0. The maximum atomic E-state index is 13.9. The zero-order chi connectivity index (χ0) is 20.9. The number of carbonyl (C=O) groups is 2. The molecule has 2 saturated heterocycles. The van der Waals surface area contributed by atoms with Crippen molar-refractivity contribution in [1.82, 2.24) is 4.90 Å². The molecule has 2 fully saturated rings. The van der Waals surface area contributed by atoms with Gasteiger partial charge >= 0.3 is 0 Å². The average Bonchev–Trinajstić information content (AvgIpc) is 3.41. The molecule has 3 aliphatic heterocycles. The van der Waals surface area contributed by atoms with E-state index in [4.69, 9.17) is 0 Å². The van der Waals surface area contributed by atoms with Crippen LogP contribution >= 0.6 is 23.5 Å². The summed E-state index contributed by atoms with van der Waals surface area (Å²) in [6, 6.07) is 16.2. The molecular formula is C23H25N3O2S2. The van der Waals surface area contributed by atoms with Gasteiger partial charge in [-0.3, -0.25) is 14.5 Å². The van der Waals surface area contributed by atoms with Gasteiger partial charge in [-0.2, -0.15) is 0 Å². The van der Waals surface area contributed by atoms with E-state index in [1.807, 2.05) is 78.4 Å². The van der Waals surface area contributed by atoms with Gasteiger partial charge in [0.15, 0.2) is 0 Å². The Labute approximate surface area is 185 Å². The highest BCUT2D eigenvalue weighted by molar-refractivity contribution is 7.99. The molecule has 5 nitrogen and oxygen atoms in total. The molecule has 3 aliphatic rings. The number of thioether (sulfide) groups is 2. The Hall–Kier alpha value is -1.96. The number of hydrogen-bond donors (Lipinski definition) is 1. The summed E-state index contributed by atoms with van der Waals surface area (Å²) in [4.78, 5) is 32.8. The normalized spacial score (nSPS) is 27.5. The number of para-hydroxylation sites is 1. The predicted octanol–water partition coefficient (Wildman–Crippen LogP) is 4.00. The highest BCUT2D eigenvalue weighted by Gasteiger charge is 2.67. The van der Waals surface area contributed by atoms with Crippen molar-refractivity contribution in [3.05, 3.63) is 54.1 Å². The Balaban J connectivity index is 1.58. The Morgan fingerprint density at radius 2 is 2.10 bits per heavy atom. The smallest absolute Gasteiger partial charge is 0.253 e. The number of benzene rings is 2. The molecule has 3 heterocycles. The van der Waals surface area contributed by atoms with Crippen molar-refractivity contribution in [2.45, 2.75) is 29.8 Å². The van der Waals surface area contributed by atoms with Crippen molar-refractivity contribution in [1.29, 1.82) is 0 Å². The van der Waals surface area contributed by atoms with E-state index in [2.05, 4.69) is 10.2 Å². The second kappa shape index (κ2) is 7.62. The van der Waals surface area contributed by atoms with Gasteiger partial charge in [-0.15, -0.1) is 23.5 Å². The van der Waals surface area contributed by atoms with Gasteiger partial charge in [0.2, 0.25) is 5.91 Å². The van der Waals surface area contributed by atoms with Gasteiger partial charge in [-0.25, -0.2) is 0 Å². The molecule has 5 rings (SSSR count). The second-order valence-corrected chi connectivity index (χ2v) is 9.85. The Bertz CT molecular complexity index is 1010. The maximum absolute atomic E-state index is 13.9. The Morgan fingerprint density at radius 1 is 1.27 bits per heavy atom. The lowest BCUT2D eigenvalue weighted by Crippen LogP contribution is -2.55. The van der Waals surface area contributed by atoms with E-state index in [0.29, 0.717) is 13.0 Å². The summed E-state index contributed by atoms with van der Waals surface area (Å²) in [6.07, 6.45) is 2.73. The van der Waals surface area contributed by atoms with Crippen molar-refractivity contribution >= 4 is 46.7 Å². The molecule has 1 spiro atoms. The summed E-state index contributed by atoms with van der Waals surface area (Å²) >= 11 is 3.50. The topological polar surface area (TPSA) is 52.7 Å². The fourth-order valence-corrected chi connectivity index (χ4v) is 7.09. The van der Waals surface area contributed by atoms with Crippen LogP contribution in [0.5, 0.6) is 0 Å². The lowest BCUT2D eigenvalue weighted by Gasteiger charge is -2.36. The second-order valence-electron chi connectivity index (χ2n) is 7.97. The molecule has 156 valence electrons. The monoisotopic (exact) mass is 439 g/mol. The third-order valence-electron chi connectivity index (χ3n) is 6.59. The van der Waals surface area contributed by atoms with Crippen LogP contribution in [0.3, 0.4) is 0 Å². The van der Waals surface area contributed by atoms with Crippen LogP contribution in [0.15, 0.2) is 53.4 Å². The molecule has 3 atom stereocenters. The minimum atomic E-state index is -0.901. The van der Waals surface area contributed by atoms with Crippen LogP contribution in [-0.2, 0) is 15.1 Å². The lowest BCUT2D eigenvalue weighted by molar-refractivity contribution is -0.136. The molecule has 0 aliphatic carbocycles. The van der Waals surface area contributed by atoms with Crippen molar-refractivity contribution in [3.8, 4) is 0 Å². The van der Waals surface area contributed by atoms with E-state index in [9.17, 15) is 9.59 Å². The first kappa shape index (κ1) is 20.0. The number of likely N-dealkylation sites (N-methyl/N-ethyl adjacent to an activating group) is 1. The molecule has 0 radical (unpaired) electrons. The van der Waals surface area contributed by atoms with Crippen LogP contribution in [0.25, 0.3) is 0 Å². The summed E-state index contributed by atoms with van der Waals surface area (Å²) < 4.78 is 0. The van der Waals surface area contributed by atoms with Gasteiger partial charge in [0, 0.05) is 46.0 Å². The molecule has 7 heteroatoms. The molecule has 2 aromatic rings. The molecule has 0 aromatic heterocycles. The van der Waals surface area contributed by atoms with Crippen LogP contribution < -0.4 is 10.2 Å². The largest absolute Gasteiger partial charge is 0.326 e. The Kier molecular flexibility index (Phi) is 5.08. The molecular weight excluding hydrogens is 414 g/mol. The first-order chi connectivity index (χ1) is 14.6. The van der Waals surface area contributed by atoms with Crippen molar-refractivity contribution < 1.29 is 9.59 Å². The van der Waals surface area contributed by atoms with E-state index >= 15 is 0 Å². The minimum Gasteiger partial charge on any atom is -0.326 e. The fourth-order valence-electron chi connectivity index (χ4n) is 5.33. The quantitative estimate of drug-likeness (QED) is 0.730. The summed E-state index contributed by atoms with van der Waals surface area (Å²) in [5, 5.41) is 3.13.